The van der Waals surface area contributed by atoms with Gasteiger partial charge in [-0.05, 0) is 29.9 Å². The lowest BCUT2D eigenvalue weighted by molar-refractivity contribution is -0.119. The van der Waals surface area contributed by atoms with Gasteiger partial charge in [-0.2, -0.15) is 0 Å². The molecular weight excluding hydrogens is 352 g/mol. The minimum Gasteiger partial charge on any atom is -0.288 e. The van der Waals surface area contributed by atoms with Crippen LogP contribution in [-0.2, 0) is 16.6 Å². The fourth-order valence-corrected chi connectivity index (χ4v) is 3.99. The molecule has 0 radical (unpaired) electrons. The van der Waals surface area contributed by atoms with Crippen LogP contribution in [0.4, 0.5) is 5.13 Å². The molecule has 0 saturated carbocycles. The number of carbonyl (C=O) groups is 1. The first kappa shape index (κ1) is 19.3. The Morgan fingerprint density at radius 3 is 2.26 bits per heavy atom. The van der Waals surface area contributed by atoms with E-state index in [0.29, 0.717) is 13.0 Å². The normalized spacial score (nSPS) is 11.4. The van der Waals surface area contributed by atoms with E-state index < -0.39 is 0 Å². The predicted octanol–water partition coefficient (Wildman–Crippen LogP) is 5.40. The Labute approximate surface area is 165 Å². The van der Waals surface area contributed by atoms with E-state index in [4.69, 9.17) is 0 Å². The van der Waals surface area contributed by atoms with E-state index >= 15 is 0 Å². The maximum atomic E-state index is 13.3. The molecular formula is C23H26N2OS. The summed E-state index contributed by atoms with van der Waals surface area (Å²) in [5, 5.41) is 2.79. The summed E-state index contributed by atoms with van der Waals surface area (Å²) in [4.78, 5) is 19.7. The number of anilines is 1. The van der Waals surface area contributed by atoms with Crippen LogP contribution in [0.5, 0.6) is 0 Å². The molecule has 3 aromatic rings. The summed E-state index contributed by atoms with van der Waals surface area (Å²) >= 11 is 1.54. The number of aryl methyl sites for hydroxylation is 1. The van der Waals surface area contributed by atoms with E-state index in [0.717, 1.165) is 17.2 Å². The number of benzene rings is 2. The molecule has 0 aliphatic heterocycles. The third-order valence-electron chi connectivity index (χ3n) is 4.75. The third kappa shape index (κ3) is 5.04. The summed E-state index contributed by atoms with van der Waals surface area (Å²) in [6.45, 7) is 6.86. The van der Waals surface area contributed by atoms with Crippen molar-refractivity contribution in [1.82, 2.24) is 4.98 Å². The first-order valence-electron chi connectivity index (χ1n) is 9.28. The molecule has 3 rings (SSSR count). The molecule has 0 saturated heterocycles. The monoisotopic (exact) mass is 378 g/mol. The lowest BCUT2D eigenvalue weighted by Gasteiger charge is -2.28. The zero-order valence-electron chi connectivity index (χ0n) is 16.2. The number of carbonyl (C=O) groups excluding carboxylic acids is 1. The molecule has 140 valence electrons. The second-order valence-corrected chi connectivity index (χ2v) is 8.32. The zero-order chi connectivity index (χ0) is 19.3. The van der Waals surface area contributed by atoms with Crippen molar-refractivity contribution in [2.75, 3.05) is 11.4 Å². The van der Waals surface area contributed by atoms with Crippen molar-refractivity contribution in [3.05, 3.63) is 82.9 Å². The van der Waals surface area contributed by atoms with Gasteiger partial charge in [0.1, 0.15) is 0 Å². The van der Waals surface area contributed by atoms with Gasteiger partial charge in [-0.3, -0.25) is 9.69 Å². The quantitative estimate of drug-likeness (QED) is 0.552. The maximum Gasteiger partial charge on any atom is 0.229 e. The van der Waals surface area contributed by atoms with Crippen LogP contribution in [0.3, 0.4) is 0 Å². The average molecular weight is 379 g/mol. The number of nitrogens with zero attached hydrogens (tertiary/aromatic N) is 2. The molecule has 0 fully saturated rings. The van der Waals surface area contributed by atoms with E-state index in [-0.39, 0.29) is 11.3 Å². The molecule has 0 spiro atoms. The predicted molar refractivity (Wildman–Crippen MR) is 113 cm³/mol. The van der Waals surface area contributed by atoms with Gasteiger partial charge in [-0.25, -0.2) is 4.98 Å². The van der Waals surface area contributed by atoms with Gasteiger partial charge in [0.05, 0.1) is 5.69 Å². The number of amides is 1. The van der Waals surface area contributed by atoms with Crippen LogP contribution in [0, 0.1) is 6.92 Å². The minimum absolute atomic E-state index is 0.120. The lowest BCUT2D eigenvalue weighted by atomic mass is 9.81. The van der Waals surface area contributed by atoms with Gasteiger partial charge in [0.25, 0.3) is 0 Å². The number of hydrogen-bond acceptors (Lipinski definition) is 3. The van der Waals surface area contributed by atoms with E-state index in [9.17, 15) is 4.79 Å². The highest BCUT2D eigenvalue weighted by atomic mass is 32.1. The molecule has 0 atom stereocenters. The molecule has 3 nitrogen and oxygen atoms in total. The van der Waals surface area contributed by atoms with Gasteiger partial charge in [0.15, 0.2) is 5.13 Å². The van der Waals surface area contributed by atoms with Crippen molar-refractivity contribution >= 4 is 22.4 Å². The Morgan fingerprint density at radius 1 is 1.04 bits per heavy atom. The third-order valence-corrected chi connectivity index (χ3v) is 5.74. The van der Waals surface area contributed by atoms with E-state index in [1.807, 2.05) is 53.6 Å². The summed E-state index contributed by atoms with van der Waals surface area (Å²) in [6.07, 6.45) is 1.27. The summed E-state index contributed by atoms with van der Waals surface area (Å²) in [7, 11) is 0. The molecule has 1 aromatic heterocycles. The van der Waals surface area contributed by atoms with Crippen molar-refractivity contribution in [3.8, 4) is 0 Å². The number of rotatable bonds is 7. The fourth-order valence-electron chi connectivity index (χ4n) is 3.14. The first-order valence-corrected chi connectivity index (χ1v) is 10.2. The molecule has 0 bridgehead atoms. The Morgan fingerprint density at radius 2 is 1.67 bits per heavy atom. The van der Waals surface area contributed by atoms with Gasteiger partial charge >= 0.3 is 0 Å². The smallest absolute Gasteiger partial charge is 0.229 e. The standard InChI is InChI=1S/C23H26N2OS/c1-18-17-27-22(24-18)25(15-14-19-10-6-4-7-11-19)21(26)16-23(2,3)20-12-8-5-9-13-20/h4-13,17H,14-16H2,1-3H3. The van der Waals surface area contributed by atoms with Crippen LogP contribution < -0.4 is 4.90 Å². The molecule has 1 heterocycles. The molecule has 0 unspecified atom stereocenters. The molecule has 2 aromatic carbocycles. The Hall–Kier alpha value is -2.46. The van der Waals surface area contributed by atoms with Crippen molar-refractivity contribution in [2.24, 2.45) is 0 Å². The molecule has 0 N–H and O–H groups in total. The second-order valence-electron chi connectivity index (χ2n) is 7.48. The summed E-state index contributed by atoms with van der Waals surface area (Å²) in [6, 6.07) is 20.5. The van der Waals surface area contributed by atoms with Crippen molar-refractivity contribution < 1.29 is 4.79 Å². The number of hydrogen-bond donors (Lipinski definition) is 0. The van der Waals surface area contributed by atoms with E-state index in [1.165, 1.54) is 22.5 Å². The highest BCUT2D eigenvalue weighted by Gasteiger charge is 2.28. The topological polar surface area (TPSA) is 33.2 Å². The molecule has 4 heteroatoms. The summed E-state index contributed by atoms with van der Waals surface area (Å²) in [5.74, 6) is 0.120. The van der Waals surface area contributed by atoms with Crippen LogP contribution >= 0.6 is 11.3 Å². The summed E-state index contributed by atoms with van der Waals surface area (Å²) in [5.41, 5.74) is 3.13. The first-order chi connectivity index (χ1) is 13.0. The van der Waals surface area contributed by atoms with Gasteiger partial charge in [0.2, 0.25) is 5.91 Å². The molecule has 0 aliphatic carbocycles. The Bertz CT molecular complexity index is 872. The van der Waals surface area contributed by atoms with Crippen LogP contribution in [-0.4, -0.2) is 17.4 Å². The minimum atomic E-state index is -0.227. The molecule has 0 aliphatic rings. The van der Waals surface area contributed by atoms with Gasteiger partial charge in [-0.1, -0.05) is 74.5 Å². The average Bonchev–Trinajstić information content (AvgIpc) is 3.09. The van der Waals surface area contributed by atoms with Gasteiger partial charge in [-0.15, -0.1) is 11.3 Å². The Balaban J connectivity index is 1.78. The fraction of sp³-hybridized carbons (Fsp3) is 0.304. The van der Waals surface area contributed by atoms with E-state index in [2.05, 4.69) is 43.1 Å². The second kappa shape index (κ2) is 8.49. The van der Waals surface area contributed by atoms with Crippen LogP contribution in [0.15, 0.2) is 66.0 Å². The van der Waals surface area contributed by atoms with Crippen molar-refractivity contribution in [1.29, 1.82) is 0 Å². The van der Waals surface area contributed by atoms with Gasteiger partial charge in [0, 0.05) is 18.3 Å². The Kier molecular flexibility index (Phi) is 6.07. The SMILES string of the molecule is Cc1csc(N(CCc2ccccc2)C(=O)CC(C)(C)c2ccccc2)n1. The lowest BCUT2D eigenvalue weighted by Crippen LogP contribution is -2.37. The summed E-state index contributed by atoms with van der Waals surface area (Å²) < 4.78 is 0. The van der Waals surface area contributed by atoms with E-state index in [1.54, 1.807) is 0 Å². The number of aromatic nitrogens is 1. The van der Waals surface area contributed by atoms with Crippen LogP contribution in [0.1, 0.15) is 37.1 Å². The van der Waals surface area contributed by atoms with Gasteiger partial charge < -0.3 is 0 Å². The molecule has 1 amide bonds. The highest BCUT2D eigenvalue weighted by Crippen LogP contribution is 2.30. The maximum absolute atomic E-state index is 13.3. The largest absolute Gasteiger partial charge is 0.288 e. The zero-order valence-corrected chi connectivity index (χ0v) is 17.0. The van der Waals surface area contributed by atoms with Crippen LogP contribution in [0.2, 0.25) is 0 Å². The number of thiazole rings is 1. The van der Waals surface area contributed by atoms with Crippen molar-refractivity contribution in [2.45, 2.75) is 39.0 Å². The molecule has 27 heavy (non-hydrogen) atoms. The van der Waals surface area contributed by atoms with Crippen LogP contribution in [0.25, 0.3) is 0 Å². The highest BCUT2D eigenvalue weighted by molar-refractivity contribution is 7.14. The van der Waals surface area contributed by atoms with Crippen molar-refractivity contribution in [3.63, 3.8) is 0 Å².